The first-order valence-electron chi connectivity index (χ1n) is 1.44. The van der Waals surface area contributed by atoms with Gasteiger partial charge in [0, 0.05) is 7.11 Å². The van der Waals surface area contributed by atoms with E-state index in [2.05, 4.69) is 9.73 Å². The summed E-state index contributed by atoms with van der Waals surface area (Å²) in [5.41, 5.74) is 0. The van der Waals surface area contributed by atoms with E-state index >= 15 is 0 Å². The summed E-state index contributed by atoms with van der Waals surface area (Å²) in [4.78, 5) is 12.3. The first kappa shape index (κ1) is 5.34. The summed E-state index contributed by atoms with van der Waals surface area (Å²) >= 11 is 0. The molecule has 0 saturated carbocycles. The van der Waals surface area contributed by atoms with Crippen LogP contribution in [0.3, 0.4) is 0 Å². The Bertz CT molecular complexity index is 65.2. The quantitative estimate of drug-likeness (QED) is 0.349. The third-order valence-electron chi connectivity index (χ3n) is 0.258. The minimum atomic E-state index is 0.115. The average Bonchev–Trinajstić information content (AvgIpc) is 1.61. The fraction of sp³-hybridized carbons (Fsp3) is 0.667. The fourth-order valence-electron chi connectivity index (χ4n) is 0.0909. The van der Waals surface area contributed by atoms with Crippen LogP contribution in [-0.4, -0.2) is 19.9 Å². The van der Waals surface area contributed by atoms with E-state index in [0.717, 1.165) is 0 Å². The molecule has 0 spiro atoms. The lowest BCUT2D eigenvalue weighted by molar-refractivity contribution is 0.208. The van der Waals surface area contributed by atoms with Gasteiger partial charge in [0.15, 0.2) is 0 Å². The van der Waals surface area contributed by atoms with Gasteiger partial charge in [-0.25, -0.2) is 4.79 Å². The Morgan fingerprint density at radius 1 is 2.00 bits per heavy atom. The molecule has 0 amide bonds. The van der Waals surface area contributed by atoms with E-state index in [1.54, 1.807) is 0 Å². The van der Waals surface area contributed by atoms with Gasteiger partial charge in [-0.15, -0.1) is 0 Å². The van der Waals surface area contributed by atoms with Crippen molar-refractivity contribution in [1.82, 2.24) is 0 Å². The van der Waals surface area contributed by atoms with Crippen molar-refractivity contribution in [2.24, 2.45) is 4.99 Å². The van der Waals surface area contributed by atoms with Crippen LogP contribution >= 0.6 is 0 Å². The van der Waals surface area contributed by atoms with Gasteiger partial charge in [-0.3, -0.25) is 0 Å². The number of aliphatic imine (C=N–C) groups is 1. The Balaban J connectivity index is 2.86. The van der Waals surface area contributed by atoms with Gasteiger partial charge in [-0.2, -0.15) is 4.99 Å². The lowest BCUT2D eigenvalue weighted by atomic mass is 11.2. The number of ether oxygens (including phenoxy) is 1. The smallest absolute Gasteiger partial charge is 0.237 e. The number of nitrogens with zero attached hydrogens (tertiary/aromatic N) is 1. The van der Waals surface area contributed by atoms with E-state index in [4.69, 9.17) is 0 Å². The summed E-state index contributed by atoms with van der Waals surface area (Å²) in [6, 6.07) is 0. The third-order valence-corrected chi connectivity index (χ3v) is 0.258. The van der Waals surface area contributed by atoms with Crippen LogP contribution < -0.4 is 0 Å². The largest absolute Gasteiger partial charge is 0.362 e. The Morgan fingerprint density at radius 2 is 2.67 bits per heavy atom. The Kier molecular flexibility index (Phi) is 3.86. The molecule has 0 bridgehead atoms. The second-order valence-corrected chi connectivity index (χ2v) is 0.667. The molecule has 0 atom stereocenters. The molecular formula is C3H5NO2. The number of carbonyl (C=O) groups excluding carboxylic acids is 1. The van der Waals surface area contributed by atoms with Crippen LogP contribution in [-0.2, 0) is 9.53 Å². The molecule has 0 aliphatic heterocycles. The van der Waals surface area contributed by atoms with Gasteiger partial charge in [-0.05, 0) is 0 Å². The molecule has 0 aromatic carbocycles. The maximum absolute atomic E-state index is 9.19. The zero-order valence-electron chi connectivity index (χ0n) is 3.47. The van der Waals surface area contributed by atoms with Gasteiger partial charge in [0.05, 0.1) is 0 Å². The second-order valence-electron chi connectivity index (χ2n) is 0.667. The maximum Gasteiger partial charge on any atom is 0.237 e. The van der Waals surface area contributed by atoms with Gasteiger partial charge in [0.2, 0.25) is 6.08 Å². The summed E-state index contributed by atoms with van der Waals surface area (Å²) in [6.07, 6.45) is 1.32. The van der Waals surface area contributed by atoms with Crippen LogP contribution in [0.15, 0.2) is 4.99 Å². The molecule has 6 heavy (non-hydrogen) atoms. The topological polar surface area (TPSA) is 38.7 Å². The SMILES string of the molecule is COCN=C=O. The Hall–Kier alpha value is -0.660. The van der Waals surface area contributed by atoms with Crippen LogP contribution in [0.25, 0.3) is 0 Å². The molecule has 0 aliphatic rings. The van der Waals surface area contributed by atoms with Crippen LogP contribution in [0.5, 0.6) is 0 Å². The lowest BCUT2D eigenvalue weighted by Gasteiger charge is -1.78. The highest BCUT2D eigenvalue weighted by molar-refractivity contribution is 5.32. The summed E-state index contributed by atoms with van der Waals surface area (Å²) in [5.74, 6) is 0. The van der Waals surface area contributed by atoms with Crippen molar-refractivity contribution in [3.63, 3.8) is 0 Å². The van der Waals surface area contributed by atoms with Gasteiger partial charge in [0.25, 0.3) is 0 Å². The molecule has 0 fully saturated rings. The lowest BCUT2D eigenvalue weighted by Crippen LogP contribution is -1.78. The van der Waals surface area contributed by atoms with Crippen molar-refractivity contribution < 1.29 is 9.53 Å². The van der Waals surface area contributed by atoms with Crippen molar-refractivity contribution in [3.05, 3.63) is 0 Å². The highest BCUT2D eigenvalue weighted by Crippen LogP contribution is 1.60. The normalized spacial score (nSPS) is 6.83. The molecule has 0 aromatic rings. The molecule has 3 heteroatoms. The summed E-state index contributed by atoms with van der Waals surface area (Å²) < 4.78 is 4.35. The van der Waals surface area contributed by atoms with Crippen LogP contribution in [0.4, 0.5) is 0 Å². The predicted molar refractivity (Wildman–Crippen MR) is 20.0 cm³/mol. The van der Waals surface area contributed by atoms with E-state index in [0.29, 0.717) is 0 Å². The number of isocyanates is 1. The van der Waals surface area contributed by atoms with Gasteiger partial charge >= 0.3 is 0 Å². The van der Waals surface area contributed by atoms with Crippen molar-refractivity contribution in [2.75, 3.05) is 13.8 Å². The first-order chi connectivity index (χ1) is 2.91. The Morgan fingerprint density at radius 3 is 2.83 bits per heavy atom. The fourth-order valence-corrected chi connectivity index (χ4v) is 0.0909. The van der Waals surface area contributed by atoms with Gasteiger partial charge < -0.3 is 4.74 Å². The first-order valence-corrected chi connectivity index (χ1v) is 1.44. The molecule has 0 heterocycles. The number of methoxy groups -OCH3 is 1. The summed E-state index contributed by atoms with van der Waals surface area (Å²) in [6.45, 7) is 0.115. The summed E-state index contributed by atoms with van der Waals surface area (Å²) in [7, 11) is 1.46. The number of rotatable bonds is 2. The molecule has 3 nitrogen and oxygen atoms in total. The molecular weight excluding hydrogens is 82.0 g/mol. The average molecular weight is 87.1 g/mol. The molecule has 0 saturated heterocycles. The molecule has 0 unspecified atom stereocenters. The Labute approximate surface area is 35.6 Å². The van der Waals surface area contributed by atoms with Crippen LogP contribution in [0.2, 0.25) is 0 Å². The van der Waals surface area contributed by atoms with E-state index in [1.807, 2.05) is 0 Å². The van der Waals surface area contributed by atoms with E-state index < -0.39 is 0 Å². The molecule has 0 rings (SSSR count). The second kappa shape index (κ2) is 4.34. The maximum atomic E-state index is 9.19. The van der Waals surface area contributed by atoms with Crippen molar-refractivity contribution in [1.29, 1.82) is 0 Å². The standard InChI is InChI=1S/C3H5NO2/c1-6-3-4-2-5/h3H2,1H3. The predicted octanol–water partition coefficient (Wildman–Crippen LogP) is -0.0739. The van der Waals surface area contributed by atoms with Crippen molar-refractivity contribution in [2.45, 2.75) is 0 Å². The highest BCUT2D eigenvalue weighted by atomic mass is 16.5. The molecule has 0 N–H and O–H groups in total. The zero-order valence-corrected chi connectivity index (χ0v) is 3.47. The molecule has 0 aliphatic carbocycles. The van der Waals surface area contributed by atoms with Gasteiger partial charge in [0.1, 0.15) is 6.73 Å². The number of hydrogen-bond acceptors (Lipinski definition) is 3. The molecule has 0 aromatic heterocycles. The number of hydrogen-bond donors (Lipinski definition) is 0. The van der Waals surface area contributed by atoms with Gasteiger partial charge in [-0.1, -0.05) is 0 Å². The zero-order chi connectivity index (χ0) is 4.83. The monoisotopic (exact) mass is 87.0 g/mol. The minimum absolute atomic E-state index is 0.115. The molecule has 0 radical (unpaired) electrons. The summed E-state index contributed by atoms with van der Waals surface area (Å²) in [5, 5.41) is 0. The molecule has 34 valence electrons. The highest BCUT2D eigenvalue weighted by Gasteiger charge is 1.63. The van der Waals surface area contributed by atoms with Crippen molar-refractivity contribution in [3.8, 4) is 0 Å². The van der Waals surface area contributed by atoms with E-state index in [1.165, 1.54) is 13.2 Å². The minimum Gasteiger partial charge on any atom is -0.362 e. The third kappa shape index (κ3) is 3.34. The van der Waals surface area contributed by atoms with Crippen LogP contribution in [0.1, 0.15) is 0 Å². The van der Waals surface area contributed by atoms with E-state index in [9.17, 15) is 4.79 Å². The van der Waals surface area contributed by atoms with E-state index in [-0.39, 0.29) is 6.73 Å². The van der Waals surface area contributed by atoms with Crippen molar-refractivity contribution >= 4 is 6.08 Å². The van der Waals surface area contributed by atoms with Crippen LogP contribution in [0, 0.1) is 0 Å².